The Balaban J connectivity index is 1.97. The molecule has 1 aromatic heterocycles. The van der Waals surface area contributed by atoms with Gasteiger partial charge in [-0.05, 0) is 65.7 Å². The number of thiophene rings is 1. The van der Waals surface area contributed by atoms with Gasteiger partial charge >= 0.3 is 0 Å². The SMILES string of the molecule is CCOc1ccc(C(=O)NNC(=O)c2ccc(Br)s2)cc1C. The molecule has 7 heteroatoms. The van der Waals surface area contributed by atoms with Crippen LogP contribution < -0.4 is 15.6 Å². The monoisotopic (exact) mass is 382 g/mol. The first kappa shape index (κ1) is 16.5. The molecule has 0 aliphatic rings. The lowest BCUT2D eigenvalue weighted by Gasteiger charge is -2.10. The van der Waals surface area contributed by atoms with E-state index in [1.807, 2.05) is 13.8 Å². The van der Waals surface area contributed by atoms with Crippen LogP contribution in [0.1, 0.15) is 32.5 Å². The Labute approximate surface area is 140 Å². The zero-order chi connectivity index (χ0) is 16.1. The Morgan fingerprint density at radius 1 is 1.18 bits per heavy atom. The van der Waals surface area contributed by atoms with Gasteiger partial charge in [-0.1, -0.05) is 0 Å². The van der Waals surface area contributed by atoms with Crippen molar-refractivity contribution in [2.24, 2.45) is 0 Å². The van der Waals surface area contributed by atoms with Crippen LogP contribution in [0.5, 0.6) is 5.75 Å². The van der Waals surface area contributed by atoms with Crippen molar-refractivity contribution in [2.75, 3.05) is 6.61 Å². The number of aryl methyl sites for hydroxylation is 1. The van der Waals surface area contributed by atoms with E-state index in [2.05, 4.69) is 26.8 Å². The summed E-state index contributed by atoms with van der Waals surface area (Å²) in [5.74, 6) is 0.00773. The Hall–Kier alpha value is -1.86. The van der Waals surface area contributed by atoms with E-state index in [1.165, 1.54) is 11.3 Å². The fourth-order valence-corrected chi connectivity index (χ4v) is 3.07. The van der Waals surface area contributed by atoms with Crippen molar-refractivity contribution in [3.63, 3.8) is 0 Å². The second-order valence-electron chi connectivity index (χ2n) is 4.43. The fraction of sp³-hybridized carbons (Fsp3) is 0.200. The van der Waals surface area contributed by atoms with Gasteiger partial charge in [0, 0.05) is 5.56 Å². The number of carbonyl (C=O) groups is 2. The van der Waals surface area contributed by atoms with Crippen molar-refractivity contribution in [1.82, 2.24) is 10.9 Å². The van der Waals surface area contributed by atoms with Crippen LogP contribution in [-0.4, -0.2) is 18.4 Å². The van der Waals surface area contributed by atoms with Gasteiger partial charge in [0.2, 0.25) is 0 Å². The van der Waals surface area contributed by atoms with E-state index in [0.29, 0.717) is 17.0 Å². The smallest absolute Gasteiger partial charge is 0.279 e. The van der Waals surface area contributed by atoms with Gasteiger partial charge in [-0.25, -0.2) is 0 Å². The summed E-state index contributed by atoms with van der Waals surface area (Å²) >= 11 is 4.57. The molecule has 1 aromatic carbocycles. The lowest BCUT2D eigenvalue weighted by molar-refractivity contribution is 0.0849. The molecule has 0 bridgehead atoms. The van der Waals surface area contributed by atoms with Crippen LogP contribution in [0.3, 0.4) is 0 Å². The van der Waals surface area contributed by atoms with E-state index in [1.54, 1.807) is 30.3 Å². The topological polar surface area (TPSA) is 67.4 Å². The van der Waals surface area contributed by atoms with Crippen LogP contribution in [0.15, 0.2) is 34.1 Å². The maximum Gasteiger partial charge on any atom is 0.279 e. The van der Waals surface area contributed by atoms with Crippen molar-refractivity contribution < 1.29 is 14.3 Å². The second-order valence-corrected chi connectivity index (χ2v) is 6.89. The average Bonchev–Trinajstić information content (AvgIpc) is 2.93. The van der Waals surface area contributed by atoms with Crippen molar-refractivity contribution in [3.05, 3.63) is 50.1 Å². The van der Waals surface area contributed by atoms with E-state index < -0.39 is 0 Å². The average molecular weight is 383 g/mol. The van der Waals surface area contributed by atoms with Crippen LogP contribution in [0.4, 0.5) is 0 Å². The van der Waals surface area contributed by atoms with Crippen LogP contribution in [-0.2, 0) is 0 Å². The van der Waals surface area contributed by atoms with Crippen LogP contribution in [0, 0.1) is 6.92 Å². The summed E-state index contributed by atoms with van der Waals surface area (Å²) < 4.78 is 6.28. The molecule has 2 rings (SSSR count). The van der Waals surface area contributed by atoms with Crippen molar-refractivity contribution in [1.29, 1.82) is 0 Å². The zero-order valence-corrected chi connectivity index (χ0v) is 14.5. The molecule has 0 aliphatic heterocycles. The molecular weight excluding hydrogens is 368 g/mol. The molecule has 0 saturated carbocycles. The summed E-state index contributed by atoms with van der Waals surface area (Å²) in [6, 6.07) is 8.57. The summed E-state index contributed by atoms with van der Waals surface area (Å²) in [6.07, 6.45) is 0. The molecule has 0 saturated heterocycles. The van der Waals surface area contributed by atoms with E-state index in [4.69, 9.17) is 4.74 Å². The molecule has 2 amide bonds. The lowest BCUT2D eigenvalue weighted by atomic mass is 10.1. The largest absolute Gasteiger partial charge is 0.494 e. The molecule has 2 aromatic rings. The minimum absolute atomic E-state index is 0.355. The van der Waals surface area contributed by atoms with E-state index in [0.717, 1.165) is 15.1 Å². The predicted molar refractivity (Wildman–Crippen MR) is 89.3 cm³/mol. The number of hydrogen-bond donors (Lipinski definition) is 2. The molecule has 1 heterocycles. The third kappa shape index (κ3) is 4.08. The summed E-state index contributed by atoms with van der Waals surface area (Å²) in [4.78, 5) is 24.4. The maximum atomic E-state index is 12.0. The summed E-state index contributed by atoms with van der Waals surface area (Å²) in [5.41, 5.74) is 6.10. The first-order valence-corrected chi connectivity index (χ1v) is 8.21. The van der Waals surface area contributed by atoms with Crippen molar-refractivity contribution >= 4 is 39.1 Å². The minimum Gasteiger partial charge on any atom is -0.494 e. The standard InChI is InChI=1S/C15H15BrN2O3S/c1-3-21-11-5-4-10(8-9(11)2)14(19)17-18-15(20)12-6-7-13(16)22-12/h4-8H,3H2,1-2H3,(H,17,19)(H,18,20). The highest BCUT2D eigenvalue weighted by Gasteiger charge is 2.12. The number of rotatable bonds is 4. The highest BCUT2D eigenvalue weighted by atomic mass is 79.9. The highest BCUT2D eigenvalue weighted by Crippen LogP contribution is 2.22. The van der Waals surface area contributed by atoms with Gasteiger partial charge in [0.25, 0.3) is 11.8 Å². The molecule has 0 aliphatic carbocycles. The second kappa shape index (κ2) is 7.42. The van der Waals surface area contributed by atoms with Crippen LogP contribution in [0.25, 0.3) is 0 Å². The number of halogens is 1. The molecule has 0 spiro atoms. The number of carbonyl (C=O) groups excluding carboxylic acids is 2. The molecule has 22 heavy (non-hydrogen) atoms. The number of amides is 2. The molecule has 116 valence electrons. The van der Waals surface area contributed by atoms with Gasteiger partial charge in [0.05, 0.1) is 15.3 Å². The Bertz CT molecular complexity index is 700. The third-order valence-electron chi connectivity index (χ3n) is 2.82. The number of ether oxygens (including phenoxy) is 1. The Kier molecular flexibility index (Phi) is 5.57. The number of benzene rings is 1. The number of hydrazine groups is 1. The molecular formula is C15H15BrN2O3S. The van der Waals surface area contributed by atoms with Gasteiger partial charge in [0.1, 0.15) is 5.75 Å². The number of nitrogens with one attached hydrogen (secondary N) is 2. The highest BCUT2D eigenvalue weighted by molar-refractivity contribution is 9.11. The Morgan fingerprint density at radius 2 is 1.91 bits per heavy atom. The first-order valence-electron chi connectivity index (χ1n) is 6.60. The minimum atomic E-state index is -0.380. The normalized spacial score (nSPS) is 10.1. The van der Waals surface area contributed by atoms with Gasteiger partial charge < -0.3 is 4.74 Å². The van der Waals surface area contributed by atoms with E-state index in [9.17, 15) is 9.59 Å². The van der Waals surface area contributed by atoms with Gasteiger partial charge in [0.15, 0.2) is 0 Å². The zero-order valence-electron chi connectivity index (χ0n) is 12.1. The Morgan fingerprint density at radius 3 is 2.50 bits per heavy atom. The number of hydrogen-bond acceptors (Lipinski definition) is 4. The molecule has 0 unspecified atom stereocenters. The third-order valence-corrected chi connectivity index (χ3v) is 4.45. The summed E-state index contributed by atoms with van der Waals surface area (Å²) in [7, 11) is 0. The summed E-state index contributed by atoms with van der Waals surface area (Å²) in [6.45, 7) is 4.33. The van der Waals surface area contributed by atoms with E-state index >= 15 is 0 Å². The van der Waals surface area contributed by atoms with Gasteiger partial charge in [-0.15, -0.1) is 11.3 Å². The lowest BCUT2D eigenvalue weighted by Crippen LogP contribution is -2.41. The first-order chi connectivity index (χ1) is 10.5. The van der Waals surface area contributed by atoms with E-state index in [-0.39, 0.29) is 11.8 Å². The molecule has 0 atom stereocenters. The fourth-order valence-electron chi connectivity index (χ4n) is 1.79. The van der Waals surface area contributed by atoms with Crippen molar-refractivity contribution in [3.8, 4) is 5.75 Å². The predicted octanol–water partition coefficient (Wildman–Crippen LogP) is 3.29. The quantitative estimate of drug-likeness (QED) is 0.797. The molecule has 2 N–H and O–H groups in total. The molecule has 0 fully saturated rings. The molecule has 5 nitrogen and oxygen atoms in total. The molecule has 0 radical (unpaired) electrons. The maximum absolute atomic E-state index is 12.0. The summed E-state index contributed by atoms with van der Waals surface area (Å²) in [5, 5.41) is 0. The van der Waals surface area contributed by atoms with Crippen molar-refractivity contribution in [2.45, 2.75) is 13.8 Å². The van der Waals surface area contributed by atoms with Crippen LogP contribution >= 0.6 is 27.3 Å². The van der Waals surface area contributed by atoms with Gasteiger partial charge in [-0.3, -0.25) is 20.4 Å². The van der Waals surface area contributed by atoms with Gasteiger partial charge in [-0.2, -0.15) is 0 Å². The van der Waals surface area contributed by atoms with Crippen LogP contribution in [0.2, 0.25) is 0 Å².